The van der Waals surface area contributed by atoms with Crippen LogP contribution in [0.5, 0.6) is 0 Å². The van der Waals surface area contributed by atoms with Gasteiger partial charge in [0, 0.05) is 6.61 Å². The minimum Gasteiger partial charge on any atom is -0.394 e. The fraction of sp³-hybridized carbons (Fsp3) is 0.920. The molecule has 30 heavy (non-hydrogen) atoms. The summed E-state index contributed by atoms with van der Waals surface area (Å²) in [5.74, 6) is 0. The second-order valence-corrected chi connectivity index (χ2v) is 8.71. The van der Waals surface area contributed by atoms with E-state index >= 15 is 0 Å². The Hall–Kier alpha value is -0.460. The first-order valence-corrected chi connectivity index (χ1v) is 12.6. The Morgan fingerprint density at radius 3 is 1.83 bits per heavy atom. The Kier molecular flexibility index (Phi) is 17.7. The maximum Gasteiger partial charge on any atom is 0.114 e. The molecule has 5 heteroatoms. The van der Waals surface area contributed by atoms with E-state index < -0.39 is 24.4 Å². The van der Waals surface area contributed by atoms with E-state index in [0.29, 0.717) is 6.61 Å². The lowest BCUT2D eigenvalue weighted by Crippen LogP contribution is -2.42. The maximum atomic E-state index is 9.84. The number of aliphatic hydroxyl groups is 3. The fourth-order valence-corrected chi connectivity index (χ4v) is 4.03. The summed E-state index contributed by atoms with van der Waals surface area (Å²) >= 11 is 0. The summed E-state index contributed by atoms with van der Waals surface area (Å²) in [5, 5.41) is 28.8. The van der Waals surface area contributed by atoms with Crippen LogP contribution in [0.1, 0.15) is 103 Å². The highest BCUT2D eigenvalue weighted by atomic mass is 16.6. The fourth-order valence-electron chi connectivity index (χ4n) is 4.03. The Morgan fingerprint density at radius 1 is 0.833 bits per heavy atom. The third-order valence-electron chi connectivity index (χ3n) is 5.99. The van der Waals surface area contributed by atoms with Crippen molar-refractivity contribution in [1.29, 1.82) is 0 Å². The number of hydrogen-bond donors (Lipinski definition) is 3. The van der Waals surface area contributed by atoms with Crippen LogP contribution in [0.3, 0.4) is 0 Å². The third-order valence-corrected chi connectivity index (χ3v) is 5.99. The summed E-state index contributed by atoms with van der Waals surface area (Å²) in [6, 6.07) is 0. The van der Waals surface area contributed by atoms with E-state index in [1.165, 1.54) is 77.0 Å². The van der Waals surface area contributed by atoms with E-state index in [0.717, 1.165) is 19.3 Å². The van der Waals surface area contributed by atoms with Gasteiger partial charge in [-0.3, -0.25) is 0 Å². The highest BCUT2D eigenvalue weighted by Crippen LogP contribution is 2.20. The quantitative estimate of drug-likeness (QED) is 0.190. The Bertz CT molecular complexity index is 401. The predicted octanol–water partition coefficient (Wildman–Crippen LogP) is 4.91. The average Bonchev–Trinajstić information content (AvgIpc) is 3.08. The van der Waals surface area contributed by atoms with Crippen molar-refractivity contribution >= 4 is 0 Å². The molecule has 0 amide bonds. The third kappa shape index (κ3) is 13.1. The van der Waals surface area contributed by atoms with Crippen LogP contribution in [0.4, 0.5) is 0 Å². The van der Waals surface area contributed by atoms with E-state index in [1.807, 2.05) is 0 Å². The molecule has 0 spiro atoms. The van der Waals surface area contributed by atoms with Gasteiger partial charge in [-0.25, -0.2) is 0 Å². The van der Waals surface area contributed by atoms with Crippen molar-refractivity contribution in [1.82, 2.24) is 0 Å². The molecule has 1 aliphatic rings. The van der Waals surface area contributed by atoms with Crippen LogP contribution in [-0.4, -0.2) is 59.6 Å². The zero-order valence-electron chi connectivity index (χ0n) is 19.4. The van der Waals surface area contributed by atoms with Gasteiger partial charge in [0.25, 0.3) is 0 Å². The van der Waals surface area contributed by atoms with Gasteiger partial charge in [-0.1, -0.05) is 89.7 Å². The number of ether oxygens (including phenoxy) is 2. The number of unbranched alkanes of at least 4 members (excludes halogenated alkanes) is 13. The van der Waals surface area contributed by atoms with Crippen molar-refractivity contribution in [2.24, 2.45) is 0 Å². The molecule has 0 saturated carbocycles. The molecule has 1 saturated heterocycles. The van der Waals surface area contributed by atoms with Crippen molar-refractivity contribution in [3.8, 4) is 0 Å². The number of allylic oxidation sites excluding steroid dienone is 2. The van der Waals surface area contributed by atoms with E-state index in [2.05, 4.69) is 19.1 Å². The van der Waals surface area contributed by atoms with Crippen molar-refractivity contribution in [2.75, 3.05) is 19.8 Å². The van der Waals surface area contributed by atoms with Gasteiger partial charge in [0.15, 0.2) is 0 Å². The molecule has 0 aromatic heterocycles. The summed E-state index contributed by atoms with van der Waals surface area (Å²) in [5.41, 5.74) is 0. The van der Waals surface area contributed by atoms with Gasteiger partial charge < -0.3 is 24.8 Å². The van der Waals surface area contributed by atoms with Crippen molar-refractivity contribution < 1.29 is 24.8 Å². The standard InChI is InChI=1S/C25H48O5/c1-2-3-4-5-6-7-8-9-10-11-12-13-14-15-16-17-18-19-29-23(20-26)25-24(28)22(27)21-30-25/h3-4,22-28H,2,5-21H2,1H3/b4-3+/t22-,23+,24+,25+/m1/s1. The Balaban J connectivity index is 1.81. The molecule has 4 atom stereocenters. The molecule has 1 heterocycles. The van der Waals surface area contributed by atoms with E-state index in [1.54, 1.807) is 0 Å². The Labute approximate surface area is 184 Å². The zero-order chi connectivity index (χ0) is 21.9. The SMILES string of the molecule is CC/C=C/CCCCCCCCCCCCCCCO[C@@H](CO)[C@@H]1OC[C@@H](O)[C@@H]1O. The van der Waals surface area contributed by atoms with Gasteiger partial charge in [-0.05, 0) is 25.7 Å². The largest absolute Gasteiger partial charge is 0.394 e. The van der Waals surface area contributed by atoms with Crippen molar-refractivity contribution in [2.45, 2.75) is 128 Å². The van der Waals surface area contributed by atoms with E-state index in [9.17, 15) is 15.3 Å². The number of aliphatic hydroxyl groups excluding tert-OH is 3. The molecule has 3 N–H and O–H groups in total. The monoisotopic (exact) mass is 428 g/mol. The highest BCUT2D eigenvalue weighted by molar-refractivity contribution is 4.88. The average molecular weight is 429 g/mol. The van der Waals surface area contributed by atoms with Crippen LogP contribution in [0.15, 0.2) is 12.2 Å². The topological polar surface area (TPSA) is 79.2 Å². The maximum absolute atomic E-state index is 9.84. The van der Waals surface area contributed by atoms with Gasteiger partial charge in [0.05, 0.1) is 13.2 Å². The van der Waals surface area contributed by atoms with E-state index in [4.69, 9.17) is 9.47 Å². The van der Waals surface area contributed by atoms with Crippen LogP contribution in [0.2, 0.25) is 0 Å². The summed E-state index contributed by atoms with van der Waals surface area (Å²) < 4.78 is 11.0. The molecule has 178 valence electrons. The molecule has 5 nitrogen and oxygen atoms in total. The smallest absolute Gasteiger partial charge is 0.114 e. The van der Waals surface area contributed by atoms with Crippen LogP contribution >= 0.6 is 0 Å². The number of rotatable bonds is 20. The molecule has 1 fully saturated rings. The van der Waals surface area contributed by atoms with Gasteiger partial charge in [0.2, 0.25) is 0 Å². The molecule has 0 aromatic carbocycles. The zero-order valence-corrected chi connectivity index (χ0v) is 19.4. The lowest BCUT2D eigenvalue weighted by atomic mass is 10.0. The number of hydrogen-bond acceptors (Lipinski definition) is 5. The van der Waals surface area contributed by atoms with E-state index in [-0.39, 0.29) is 13.2 Å². The summed E-state index contributed by atoms with van der Waals surface area (Å²) in [6.45, 7) is 2.64. The molecule has 0 bridgehead atoms. The molecule has 0 radical (unpaired) electrons. The van der Waals surface area contributed by atoms with Crippen LogP contribution in [-0.2, 0) is 9.47 Å². The van der Waals surface area contributed by atoms with Gasteiger partial charge in [-0.15, -0.1) is 0 Å². The van der Waals surface area contributed by atoms with Crippen LogP contribution in [0, 0.1) is 0 Å². The van der Waals surface area contributed by atoms with Gasteiger partial charge in [0.1, 0.15) is 24.4 Å². The molecular weight excluding hydrogens is 380 g/mol. The molecular formula is C25H48O5. The lowest BCUT2D eigenvalue weighted by molar-refractivity contribution is -0.101. The summed E-state index contributed by atoms with van der Waals surface area (Å²) in [7, 11) is 0. The molecule has 0 unspecified atom stereocenters. The second-order valence-electron chi connectivity index (χ2n) is 8.71. The predicted molar refractivity (Wildman–Crippen MR) is 123 cm³/mol. The lowest BCUT2D eigenvalue weighted by Gasteiger charge is -2.24. The van der Waals surface area contributed by atoms with Crippen molar-refractivity contribution in [3.63, 3.8) is 0 Å². The second kappa shape index (κ2) is 19.2. The van der Waals surface area contributed by atoms with Gasteiger partial charge in [-0.2, -0.15) is 0 Å². The first-order valence-electron chi connectivity index (χ1n) is 12.6. The minimum atomic E-state index is -0.977. The minimum absolute atomic E-state index is 0.0998. The summed E-state index contributed by atoms with van der Waals surface area (Å²) in [6.07, 6.45) is 20.9. The van der Waals surface area contributed by atoms with Crippen molar-refractivity contribution in [3.05, 3.63) is 12.2 Å². The summed E-state index contributed by atoms with van der Waals surface area (Å²) in [4.78, 5) is 0. The molecule has 1 aliphatic heterocycles. The highest BCUT2D eigenvalue weighted by Gasteiger charge is 2.40. The first kappa shape index (κ1) is 27.6. The normalized spacial score (nSPS) is 22.9. The first-order chi connectivity index (χ1) is 14.7. The Morgan fingerprint density at radius 2 is 1.37 bits per heavy atom. The molecule has 0 aromatic rings. The van der Waals surface area contributed by atoms with Crippen LogP contribution < -0.4 is 0 Å². The van der Waals surface area contributed by atoms with Gasteiger partial charge >= 0.3 is 0 Å². The van der Waals surface area contributed by atoms with Crippen LogP contribution in [0.25, 0.3) is 0 Å². The molecule has 0 aliphatic carbocycles. The molecule has 1 rings (SSSR count).